The number of sulfonamides is 1. The Hall–Kier alpha value is -1.18. The van der Waals surface area contributed by atoms with E-state index in [1.54, 1.807) is 6.92 Å². The highest BCUT2D eigenvalue weighted by Crippen LogP contribution is 2.19. The Morgan fingerprint density at radius 3 is 2.56 bits per heavy atom. The second-order valence-electron chi connectivity index (χ2n) is 4.47. The maximum atomic E-state index is 12.9. The Balaban J connectivity index is 2.93. The molecule has 18 heavy (non-hydrogen) atoms. The lowest BCUT2D eigenvalue weighted by molar-refractivity contribution is 0.370. The quantitative estimate of drug-likeness (QED) is 0.773. The van der Waals surface area contributed by atoms with Gasteiger partial charge in [-0.05, 0) is 39.2 Å². The summed E-state index contributed by atoms with van der Waals surface area (Å²) in [5, 5.41) is 0. The number of nitrogen functional groups attached to an aromatic ring is 1. The second kappa shape index (κ2) is 5.64. The van der Waals surface area contributed by atoms with Gasteiger partial charge in [0, 0.05) is 12.6 Å². The van der Waals surface area contributed by atoms with Gasteiger partial charge in [0.2, 0.25) is 10.0 Å². The Morgan fingerprint density at radius 2 is 2.06 bits per heavy atom. The molecule has 1 unspecified atom stereocenters. The van der Waals surface area contributed by atoms with Crippen molar-refractivity contribution in [1.82, 2.24) is 9.62 Å². The van der Waals surface area contributed by atoms with E-state index in [0.717, 1.165) is 18.2 Å². The average Bonchev–Trinajstić information content (AvgIpc) is 2.13. The molecule has 1 atom stereocenters. The highest BCUT2D eigenvalue weighted by atomic mass is 32.2. The first kappa shape index (κ1) is 14.9. The highest BCUT2D eigenvalue weighted by molar-refractivity contribution is 7.89. The van der Waals surface area contributed by atoms with Crippen molar-refractivity contribution in [3.8, 4) is 0 Å². The fourth-order valence-corrected chi connectivity index (χ4v) is 3.03. The molecule has 0 heterocycles. The number of anilines is 1. The summed E-state index contributed by atoms with van der Waals surface area (Å²) in [6.45, 7) is 2.30. The van der Waals surface area contributed by atoms with Crippen molar-refractivity contribution in [2.45, 2.75) is 17.9 Å². The van der Waals surface area contributed by atoms with Crippen LogP contribution in [0.1, 0.15) is 6.92 Å². The molecule has 102 valence electrons. The lowest BCUT2D eigenvalue weighted by atomic mass is 10.3. The van der Waals surface area contributed by atoms with E-state index in [4.69, 9.17) is 5.73 Å². The van der Waals surface area contributed by atoms with Crippen LogP contribution in [0.4, 0.5) is 10.1 Å². The van der Waals surface area contributed by atoms with Crippen LogP contribution in [0.2, 0.25) is 0 Å². The number of nitrogens with two attached hydrogens (primary N) is 1. The number of hydrogen-bond acceptors (Lipinski definition) is 4. The van der Waals surface area contributed by atoms with Crippen LogP contribution in [0.5, 0.6) is 0 Å². The average molecular weight is 275 g/mol. The molecule has 0 amide bonds. The van der Waals surface area contributed by atoms with E-state index in [0.29, 0.717) is 6.54 Å². The molecule has 0 aliphatic rings. The predicted molar refractivity (Wildman–Crippen MR) is 69.1 cm³/mol. The fraction of sp³-hybridized carbons (Fsp3) is 0.455. The molecule has 7 heteroatoms. The van der Waals surface area contributed by atoms with E-state index in [2.05, 4.69) is 4.72 Å². The fourth-order valence-electron chi connectivity index (χ4n) is 1.68. The highest BCUT2D eigenvalue weighted by Gasteiger charge is 2.20. The van der Waals surface area contributed by atoms with Gasteiger partial charge in [-0.2, -0.15) is 0 Å². The van der Waals surface area contributed by atoms with Crippen molar-refractivity contribution in [1.29, 1.82) is 0 Å². The SMILES string of the molecule is CC(CN(C)C)NS(=O)(=O)c1ccc(F)cc1N. The number of benzene rings is 1. The first-order valence-corrected chi connectivity index (χ1v) is 6.93. The van der Waals surface area contributed by atoms with Crippen molar-refractivity contribution >= 4 is 15.7 Å². The van der Waals surface area contributed by atoms with Gasteiger partial charge in [-0.15, -0.1) is 0 Å². The van der Waals surface area contributed by atoms with Crippen LogP contribution < -0.4 is 10.5 Å². The van der Waals surface area contributed by atoms with Crippen LogP contribution in [0.25, 0.3) is 0 Å². The summed E-state index contributed by atoms with van der Waals surface area (Å²) in [5.41, 5.74) is 5.42. The number of nitrogens with zero attached hydrogens (tertiary/aromatic N) is 1. The van der Waals surface area contributed by atoms with Crippen molar-refractivity contribution in [2.24, 2.45) is 0 Å². The standard InChI is InChI=1S/C11H18FN3O2S/c1-8(7-15(2)3)14-18(16,17)11-5-4-9(12)6-10(11)13/h4-6,8,14H,7,13H2,1-3H3. The van der Waals surface area contributed by atoms with E-state index in [1.165, 1.54) is 0 Å². The summed E-state index contributed by atoms with van der Waals surface area (Å²) in [7, 11) is -0.0323. The summed E-state index contributed by atoms with van der Waals surface area (Å²) < 4.78 is 39.4. The zero-order chi connectivity index (χ0) is 13.9. The second-order valence-corrected chi connectivity index (χ2v) is 6.15. The molecule has 0 radical (unpaired) electrons. The van der Waals surface area contributed by atoms with E-state index in [1.807, 2.05) is 19.0 Å². The lowest BCUT2D eigenvalue weighted by Gasteiger charge is -2.18. The van der Waals surface area contributed by atoms with Gasteiger partial charge >= 0.3 is 0 Å². The van der Waals surface area contributed by atoms with Crippen molar-refractivity contribution < 1.29 is 12.8 Å². The third kappa shape index (κ3) is 3.94. The number of halogens is 1. The first-order valence-electron chi connectivity index (χ1n) is 5.44. The van der Waals surface area contributed by atoms with Gasteiger partial charge in [-0.3, -0.25) is 0 Å². The van der Waals surface area contributed by atoms with Gasteiger partial charge in [0.1, 0.15) is 10.7 Å². The Bertz CT molecular complexity index is 517. The Kier molecular flexibility index (Phi) is 4.66. The van der Waals surface area contributed by atoms with Gasteiger partial charge < -0.3 is 10.6 Å². The van der Waals surface area contributed by atoms with Crippen LogP contribution in [-0.4, -0.2) is 40.0 Å². The Labute approximate surface area is 107 Å². The number of hydrogen-bond donors (Lipinski definition) is 2. The largest absolute Gasteiger partial charge is 0.398 e. The van der Waals surface area contributed by atoms with Crippen LogP contribution in [0.3, 0.4) is 0 Å². The molecule has 3 N–H and O–H groups in total. The molecule has 0 aromatic heterocycles. The van der Waals surface area contributed by atoms with Crippen LogP contribution in [0, 0.1) is 5.82 Å². The molecule has 1 aromatic rings. The molecule has 5 nitrogen and oxygen atoms in total. The molecule has 0 saturated heterocycles. The summed E-state index contributed by atoms with van der Waals surface area (Å²) >= 11 is 0. The maximum Gasteiger partial charge on any atom is 0.242 e. The molecular weight excluding hydrogens is 257 g/mol. The number of rotatable bonds is 5. The van der Waals surface area contributed by atoms with Crippen LogP contribution >= 0.6 is 0 Å². The normalized spacial score (nSPS) is 13.8. The third-order valence-electron chi connectivity index (χ3n) is 2.26. The Morgan fingerprint density at radius 1 is 1.44 bits per heavy atom. The number of likely N-dealkylation sites (N-methyl/N-ethyl adjacent to an activating group) is 1. The van der Waals surface area contributed by atoms with Crippen molar-refractivity contribution in [3.63, 3.8) is 0 Å². The van der Waals surface area contributed by atoms with Crippen molar-refractivity contribution in [3.05, 3.63) is 24.0 Å². The predicted octanol–water partition coefficient (Wildman–Crippen LogP) is 0.636. The van der Waals surface area contributed by atoms with Gasteiger partial charge in [0.25, 0.3) is 0 Å². The van der Waals surface area contributed by atoms with Crippen LogP contribution in [0.15, 0.2) is 23.1 Å². The summed E-state index contributed by atoms with van der Waals surface area (Å²) in [6.07, 6.45) is 0. The summed E-state index contributed by atoms with van der Waals surface area (Å²) in [5.74, 6) is -0.562. The van der Waals surface area contributed by atoms with E-state index in [9.17, 15) is 12.8 Å². The van der Waals surface area contributed by atoms with E-state index in [-0.39, 0.29) is 16.6 Å². The minimum absolute atomic E-state index is 0.0976. The lowest BCUT2D eigenvalue weighted by Crippen LogP contribution is -2.39. The van der Waals surface area contributed by atoms with E-state index >= 15 is 0 Å². The topological polar surface area (TPSA) is 75.4 Å². The smallest absolute Gasteiger partial charge is 0.242 e. The van der Waals surface area contributed by atoms with Gasteiger partial charge in [-0.1, -0.05) is 0 Å². The minimum Gasteiger partial charge on any atom is -0.398 e. The molecule has 0 aliphatic carbocycles. The van der Waals surface area contributed by atoms with E-state index < -0.39 is 15.8 Å². The zero-order valence-corrected chi connectivity index (χ0v) is 11.5. The van der Waals surface area contributed by atoms with Gasteiger partial charge in [0.15, 0.2) is 0 Å². The first-order chi connectivity index (χ1) is 8.22. The monoisotopic (exact) mass is 275 g/mol. The molecular formula is C11H18FN3O2S. The third-order valence-corrected chi connectivity index (χ3v) is 3.92. The minimum atomic E-state index is -3.72. The van der Waals surface area contributed by atoms with Gasteiger partial charge in [0.05, 0.1) is 5.69 Å². The maximum absolute atomic E-state index is 12.9. The molecule has 0 spiro atoms. The van der Waals surface area contributed by atoms with Crippen molar-refractivity contribution in [2.75, 3.05) is 26.4 Å². The summed E-state index contributed by atoms with van der Waals surface area (Å²) in [4.78, 5) is 1.76. The molecule has 0 aliphatic heterocycles. The number of nitrogens with one attached hydrogen (secondary N) is 1. The molecule has 0 fully saturated rings. The summed E-state index contributed by atoms with van der Waals surface area (Å²) in [6, 6.07) is 2.96. The van der Waals surface area contributed by atoms with Crippen LogP contribution in [-0.2, 0) is 10.0 Å². The molecule has 1 rings (SSSR count). The molecule has 1 aromatic carbocycles. The zero-order valence-electron chi connectivity index (χ0n) is 10.6. The molecule has 0 bridgehead atoms. The van der Waals surface area contributed by atoms with Gasteiger partial charge in [-0.25, -0.2) is 17.5 Å². The molecule has 0 saturated carbocycles.